The average Bonchev–Trinajstić information content (AvgIpc) is 3.54. The number of furan rings is 1. The van der Waals surface area contributed by atoms with E-state index in [1.54, 1.807) is 0 Å². The lowest BCUT2D eigenvalue weighted by Gasteiger charge is -2.24. The fourth-order valence-corrected chi connectivity index (χ4v) is 8.01. The van der Waals surface area contributed by atoms with Crippen LogP contribution in [0.3, 0.4) is 0 Å². The summed E-state index contributed by atoms with van der Waals surface area (Å²) < 4.78 is 9.03. The van der Waals surface area contributed by atoms with E-state index >= 15 is 0 Å². The summed E-state index contributed by atoms with van der Waals surface area (Å²) in [4.78, 5) is 0. The van der Waals surface area contributed by atoms with Crippen LogP contribution in [0, 0.1) is 0 Å². The van der Waals surface area contributed by atoms with Crippen molar-refractivity contribution in [2.45, 2.75) is 19.3 Å². The van der Waals surface area contributed by atoms with E-state index in [-0.39, 0.29) is 0 Å². The molecule has 0 radical (unpaired) electrons. The zero-order chi connectivity index (χ0) is 30.9. The Morgan fingerprint density at radius 2 is 1.32 bits per heavy atom. The predicted molar refractivity (Wildman–Crippen MR) is 197 cm³/mol. The molecule has 0 saturated heterocycles. The molecule has 0 N–H and O–H groups in total. The molecular formula is C45H31NO. The lowest BCUT2D eigenvalue weighted by atomic mass is 9.79. The van der Waals surface area contributed by atoms with Crippen LogP contribution in [0.4, 0.5) is 0 Å². The summed E-state index contributed by atoms with van der Waals surface area (Å²) in [6.45, 7) is 0. The molecule has 10 rings (SSSR count). The van der Waals surface area contributed by atoms with Crippen LogP contribution in [0.5, 0.6) is 0 Å². The summed E-state index contributed by atoms with van der Waals surface area (Å²) in [6.07, 6.45) is 14.0. The van der Waals surface area contributed by atoms with Crippen molar-refractivity contribution in [2.75, 3.05) is 0 Å². The van der Waals surface area contributed by atoms with Crippen LogP contribution in [-0.4, -0.2) is 4.57 Å². The molecule has 2 heteroatoms. The Labute approximate surface area is 273 Å². The number of fused-ring (bicyclic) bond motifs is 10. The first-order valence-electron chi connectivity index (χ1n) is 16.6. The molecule has 47 heavy (non-hydrogen) atoms. The summed E-state index contributed by atoms with van der Waals surface area (Å²) in [5, 5.41) is 4.93. The normalized spacial score (nSPS) is 14.1. The van der Waals surface area contributed by atoms with Crippen LogP contribution in [0.2, 0.25) is 0 Å². The standard InChI is InChI=1S/C45H31NO/c1-2-4-12-29(11-3-1)30-23-26-33(27-24-30)46-39-19-7-5-15-38(39)44-40(46)28-25-32-22-21-31-13-9-16-35(42(31)43(32)44)37-18-10-17-36-34-14-6-8-20-41(34)47-45(36)37/h1,3-20,23-28H,2,21-22H2. The van der Waals surface area contributed by atoms with Gasteiger partial charge in [-0.05, 0) is 88.5 Å². The van der Waals surface area contributed by atoms with Gasteiger partial charge in [-0.1, -0.05) is 121 Å². The predicted octanol–water partition coefficient (Wildman–Crippen LogP) is 12.0. The third-order valence-electron chi connectivity index (χ3n) is 10.1. The molecule has 2 heterocycles. The zero-order valence-electron chi connectivity index (χ0n) is 25.9. The Morgan fingerprint density at radius 3 is 2.23 bits per heavy atom. The van der Waals surface area contributed by atoms with E-state index in [9.17, 15) is 0 Å². The topological polar surface area (TPSA) is 18.1 Å². The van der Waals surface area contributed by atoms with Crippen LogP contribution in [0.25, 0.3) is 77.3 Å². The molecule has 0 amide bonds. The lowest BCUT2D eigenvalue weighted by molar-refractivity contribution is 0.670. The highest BCUT2D eigenvalue weighted by molar-refractivity contribution is 6.19. The van der Waals surface area contributed by atoms with Crippen molar-refractivity contribution in [3.05, 3.63) is 168 Å². The molecule has 0 spiro atoms. The SMILES string of the molecule is C1=CCC=CC(c2ccc(-n3c4ccccc4c4c5c(ccc43)CCc3cccc(-c4cccc6c4oc4ccccc46)c3-5)cc2)=C1. The minimum atomic E-state index is 0.930. The zero-order valence-corrected chi connectivity index (χ0v) is 25.9. The van der Waals surface area contributed by atoms with Crippen LogP contribution in [0.1, 0.15) is 23.1 Å². The van der Waals surface area contributed by atoms with Crippen LogP contribution >= 0.6 is 0 Å². The van der Waals surface area contributed by atoms with Crippen molar-refractivity contribution < 1.29 is 4.42 Å². The number of hydrogen-bond donors (Lipinski definition) is 0. The summed E-state index contributed by atoms with van der Waals surface area (Å²) in [6, 6.07) is 44.5. The molecule has 6 aromatic carbocycles. The summed E-state index contributed by atoms with van der Waals surface area (Å²) >= 11 is 0. The Hall–Kier alpha value is -5.86. The van der Waals surface area contributed by atoms with E-state index in [0.717, 1.165) is 46.8 Å². The molecule has 0 saturated carbocycles. The molecule has 2 aliphatic carbocycles. The highest BCUT2D eigenvalue weighted by atomic mass is 16.3. The first-order valence-corrected chi connectivity index (χ1v) is 16.6. The van der Waals surface area contributed by atoms with E-state index in [1.807, 2.05) is 6.07 Å². The minimum absolute atomic E-state index is 0.930. The van der Waals surface area contributed by atoms with E-state index in [4.69, 9.17) is 4.42 Å². The van der Waals surface area contributed by atoms with Crippen LogP contribution < -0.4 is 0 Å². The van der Waals surface area contributed by atoms with E-state index < -0.39 is 0 Å². The second-order valence-electron chi connectivity index (χ2n) is 12.7. The van der Waals surface area contributed by atoms with Crippen molar-refractivity contribution in [2.24, 2.45) is 0 Å². The smallest absolute Gasteiger partial charge is 0.143 e. The van der Waals surface area contributed by atoms with Gasteiger partial charge in [0.25, 0.3) is 0 Å². The van der Waals surface area contributed by atoms with Crippen LogP contribution in [-0.2, 0) is 12.8 Å². The van der Waals surface area contributed by atoms with Gasteiger partial charge in [-0.15, -0.1) is 0 Å². The second-order valence-corrected chi connectivity index (χ2v) is 12.7. The first kappa shape index (κ1) is 26.4. The lowest BCUT2D eigenvalue weighted by Crippen LogP contribution is -2.06. The summed E-state index contributed by atoms with van der Waals surface area (Å²) in [7, 11) is 0. The molecule has 2 aliphatic rings. The Kier molecular flexibility index (Phi) is 5.80. The van der Waals surface area contributed by atoms with Gasteiger partial charge in [0.1, 0.15) is 11.2 Å². The summed E-state index contributed by atoms with van der Waals surface area (Å²) in [5.74, 6) is 0. The maximum Gasteiger partial charge on any atom is 0.143 e. The fraction of sp³-hybridized carbons (Fsp3) is 0.0667. The number of hydrogen-bond acceptors (Lipinski definition) is 1. The minimum Gasteiger partial charge on any atom is -0.455 e. The first-order chi connectivity index (χ1) is 23.3. The van der Waals surface area contributed by atoms with Gasteiger partial charge >= 0.3 is 0 Å². The number of rotatable bonds is 3. The molecule has 2 nitrogen and oxygen atoms in total. The van der Waals surface area contributed by atoms with Gasteiger partial charge < -0.3 is 8.98 Å². The maximum atomic E-state index is 6.58. The molecule has 0 atom stereocenters. The number of allylic oxidation sites excluding steroid dienone is 6. The van der Waals surface area contributed by atoms with Crippen molar-refractivity contribution in [3.63, 3.8) is 0 Å². The van der Waals surface area contributed by atoms with Gasteiger partial charge in [0, 0.05) is 32.8 Å². The Balaban J connectivity index is 1.23. The molecule has 2 aromatic heterocycles. The Bertz CT molecular complexity index is 2640. The average molecular weight is 602 g/mol. The largest absolute Gasteiger partial charge is 0.455 e. The van der Waals surface area contributed by atoms with Gasteiger partial charge in [0.2, 0.25) is 0 Å². The van der Waals surface area contributed by atoms with Crippen LogP contribution in [0.15, 0.2) is 156 Å². The van der Waals surface area contributed by atoms with Gasteiger partial charge in [0.15, 0.2) is 0 Å². The van der Waals surface area contributed by atoms with Gasteiger partial charge in [-0.3, -0.25) is 0 Å². The Morgan fingerprint density at radius 1 is 0.553 bits per heavy atom. The maximum absolute atomic E-state index is 6.58. The van der Waals surface area contributed by atoms with Crippen molar-refractivity contribution in [3.8, 4) is 27.9 Å². The van der Waals surface area contributed by atoms with E-state index in [2.05, 4.69) is 150 Å². The third kappa shape index (κ3) is 3.98. The number of benzene rings is 6. The highest BCUT2D eigenvalue weighted by Crippen LogP contribution is 2.49. The number of para-hydroxylation sites is 3. The monoisotopic (exact) mass is 601 g/mol. The van der Waals surface area contributed by atoms with Gasteiger partial charge in [0.05, 0.1) is 11.0 Å². The molecule has 0 fully saturated rings. The molecule has 0 aliphatic heterocycles. The van der Waals surface area contributed by atoms with Crippen molar-refractivity contribution in [1.29, 1.82) is 0 Å². The molecular weight excluding hydrogens is 571 g/mol. The number of nitrogens with zero attached hydrogens (tertiary/aromatic N) is 1. The number of aromatic nitrogens is 1. The van der Waals surface area contributed by atoms with E-state index in [1.165, 1.54) is 66.4 Å². The third-order valence-corrected chi connectivity index (χ3v) is 10.1. The van der Waals surface area contributed by atoms with Crippen molar-refractivity contribution >= 4 is 49.3 Å². The van der Waals surface area contributed by atoms with Gasteiger partial charge in [-0.25, -0.2) is 0 Å². The molecule has 0 unspecified atom stereocenters. The molecule has 8 aromatic rings. The summed E-state index contributed by atoms with van der Waals surface area (Å²) in [5.41, 5.74) is 15.9. The van der Waals surface area contributed by atoms with E-state index in [0.29, 0.717) is 0 Å². The molecule has 0 bridgehead atoms. The van der Waals surface area contributed by atoms with Gasteiger partial charge in [-0.2, -0.15) is 0 Å². The molecule has 222 valence electrons. The number of aryl methyl sites for hydroxylation is 2. The second kappa shape index (κ2) is 10.3. The fourth-order valence-electron chi connectivity index (χ4n) is 8.01. The quantitative estimate of drug-likeness (QED) is 0.197. The highest BCUT2D eigenvalue weighted by Gasteiger charge is 2.26. The van der Waals surface area contributed by atoms with Crippen molar-refractivity contribution in [1.82, 2.24) is 4.57 Å².